The normalized spacial score (nSPS) is 11.6. The quantitative estimate of drug-likeness (QED) is 0.658. The summed E-state index contributed by atoms with van der Waals surface area (Å²) in [6, 6.07) is 10.1. The summed E-state index contributed by atoms with van der Waals surface area (Å²) in [7, 11) is -4.17. The summed E-state index contributed by atoms with van der Waals surface area (Å²) < 4.78 is 68.9. The summed E-state index contributed by atoms with van der Waals surface area (Å²) in [5.74, 6) is -1.69. The smallest absolute Gasteiger partial charge is 0.405 e. The largest absolute Gasteiger partial charge is 0.462 e. The molecule has 0 radical (unpaired) electrons. The van der Waals surface area contributed by atoms with Crippen LogP contribution in [0.1, 0.15) is 27.6 Å². The van der Waals surface area contributed by atoms with Gasteiger partial charge in [0.1, 0.15) is 6.54 Å². The van der Waals surface area contributed by atoms with Crippen molar-refractivity contribution in [1.29, 1.82) is 0 Å². The van der Waals surface area contributed by atoms with Gasteiger partial charge in [-0.05, 0) is 43.3 Å². The lowest BCUT2D eigenvalue weighted by Crippen LogP contribution is -2.33. The molecule has 11 heteroatoms. The Kier molecular flexibility index (Phi) is 6.85. The summed E-state index contributed by atoms with van der Waals surface area (Å²) in [4.78, 5) is 23.3. The van der Waals surface area contributed by atoms with E-state index in [1.807, 2.05) is 0 Å². The zero-order chi connectivity index (χ0) is 21.7. The number of anilines is 1. The number of amides is 1. The molecular formula is C18H17F3N2O5S. The molecule has 2 aromatic carbocycles. The van der Waals surface area contributed by atoms with E-state index in [4.69, 9.17) is 4.74 Å². The number of rotatable bonds is 7. The average Bonchev–Trinajstić information content (AvgIpc) is 2.65. The van der Waals surface area contributed by atoms with E-state index in [2.05, 4.69) is 4.72 Å². The Hall–Kier alpha value is -3.08. The number of sulfonamides is 1. The number of ether oxygens (including phenoxy) is 1. The highest BCUT2D eigenvalue weighted by molar-refractivity contribution is 7.92. The van der Waals surface area contributed by atoms with Gasteiger partial charge in [-0.3, -0.25) is 9.52 Å². The number of alkyl halides is 3. The van der Waals surface area contributed by atoms with E-state index in [1.165, 1.54) is 42.5 Å². The van der Waals surface area contributed by atoms with Crippen LogP contribution in [0.25, 0.3) is 0 Å². The molecule has 0 aliphatic heterocycles. The van der Waals surface area contributed by atoms with E-state index in [0.717, 1.165) is 6.07 Å². The molecule has 0 bridgehead atoms. The van der Waals surface area contributed by atoms with Crippen molar-refractivity contribution >= 4 is 27.6 Å². The number of esters is 1. The first-order valence-corrected chi connectivity index (χ1v) is 9.75. The fourth-order valence-corrected chi connectivity index (χ4v) is 3.32. The molecule has 2 aromatic rings. The molecular weight excluding hydrogens is 413 g/mol. The molecule has 0 aliphatic carbocycles. The fraction of sp³-hybridized carbons (Fsp3) is 0.222. The molecule has 29 heavy (non-hydrogen) atoms. The van der Waals surface area contributed by atoms with Gasteiger partial charge < -0.3 is 10.1 Å². The van der Waals surface area contributed by atoms with E-state index in [9.17, 15) is 31.2 Å². The number of hydrogen-bond acceptors (Lipinski definition) is 5. The molecule has 0 spiro atoms. The van der Waals surface area contributed by atoms with Gasteiger partial charge in [0, 0.05) is 11.3 Å². The fourth-order valence-electron chi connectivity index (χ4n) is 2.23. The predicted octanol–water partition coefficient (Wildman–Crippen LogP) is 2.96. The Labute approximate surface area is 164 Å². The van der Waals surface area contributed by atoms with Crippen molar-refractivity contribution in [2.45, 2.75) is 18.0 Å². The second-order valence-corrected chi connectivity index (χ2v) is 7.41. The van der Waals surface area contributed by atoms with Gasteiger partial charge >= 0.3 is 12.1 Å². The Morgan fingerprint density at radius 2 is 1.69 bits per heavy atom. The SMILES string of the molecule is CCOC(=O)c1cccc(NS(=O)(=O)c2cccc(C(=O)NCC(F)(F)F)c2)c1. The van der Waals surface area contributed by atoms with Gasteiger partial charge in [0.2, 0.25) is 0 Å². The topological polar surface area (TPSA) is 102 Å². The molecule has 0 unspecified atom stereocenters. The minimum absolute atomic E-state index is 0.0717. The van der Waals surface area contributed by atoms with E-state index in [1.54, 1.807) is 12.2 Å². The standard InChI is InChI=1S/C18H17F3N2O5S/c1-2-28-17(25)13-6-3-7-14(9-13)23-29(26,27)15-8-4-5-12(10-15)16(24)22-11-18(19,20)21/h3-10,23H,2,11H2,1H3,(H,22,24). The minimum atomic E-state index is -4.59. The molecule has 156 valence electrons. The number of halogens is 3. The Morgan fingerprint density at radius 1 is 1.03 bits per heavy atom. The maximum absolute atomic E-state index is 12.6. The molecule has 0 saturated carbocycles. The van der Waals surface area contributed by atoms with Crippen LogP contribution in [-0.4, -0.2) is 39.6 Å². The Bertz CT molecular complexity index is 1010. The third-order valence-corrected chi connectivity index (χ3v) is 4.86. The van der Waals surface area contributed by atoms with E-state index >= 15 is 0 Å². The van der Waals surface area contributed by atoms with Crippen LogP contribution in [-0.2, 0) is 14.8 Å². The van der Waals surface area contributed by atoms with Crippen LogP contribution in [0, 0.1) is 0 Å². The predicted molar refractivity (Wildman–Crippen MR) is 98.0 cm³/mol. The first-order valence-electron chi connectivity index (χ1n) is 8.27. The van der Waals surface area contributed by atoms with E-state index in [-0.39, 0.29) is 28.3 Å². The Balaban J connectivity index is 2.21. The molecule has 0 aromatic heterocycles. The summed E-state index contributed by atoms with van der Waals surface area (Å²) in [6.07, 6.45) is -4.59. The molecule has 0 saturated heterocycles. The van der Waals surface area contributed by atoms with Crippen LogP contribution in [0.2, 0.25) is 0 Å². The van der Waals surface area contributed by atoms with Crippen molar-refractivity contribution in [3.63, 3.8) is 0 Å². The van der Waals surface area contributed by atoms with Crippen molar-refractivity contribution in [2.24, 2.45) is 0 Å². The van der Waals surface area contributed by atoms with Crippen LogP contribution in [0.4, 0.5) is 18.9 Å². The molecule has 1 amide bonds. The van der Waals surface area contributed by atoms with E-state index < -0.39 is 34.6 Å². The number of carbonyl (C=O) groups is 2. The summed E-state index contributed by atoms with van der Waals surface area (Å²) in [6.45, 7) is 0.238. The number of hydrogen-bond donors (Lipinski definition) is 2. The first kappa shape index (κ1) is 22.2. The zero-order valence-corrected chi connectivity index (χ0v) is 15.9. The van der Waals surface area contributed by atoms with Gasteiger partial charge in [-0.1, -0.05) is 12.1 Å². The second-order valence-electron chi connectivity index (χ2n) is 5.73. The van der Waals surface area contributed by atoms with Crippen molar-refractivity contribution < 1.29 is 35.9 Å². The third kappa shape index (κ3) is 6.49. The second kappa shape index (κ2) is 8.95. The lowest BCUT2D eigenvalue weighted by atomic mass is 10.2. The van der Waals surface area contributed by atoms with Gasteiger partial charge in [-0.15, -0.1) is 0 Å². The van der Waals surface area contributed by atoms with Gasteiger partial charge in [0.05, 0.1) is 17.1 Å². The molecule has 0 atom stereocenters. The molecule has 0 fully saturated rings. The van der Waals surface area contributed by atoms with Crippen LogP contribution < -0.4 is 10.0 Å². The van der Waals surface area contributed by atoms with Crippen molar-refractivity contribution in [1.82, 2.24) is 5.32 Å². The monoisotopic (exact) mass is 430 g/mol. The lowest BCUT2D eigenvalue weighted by Gasteiger charge is -2.11. The number of carbonyl (C=O) groups excluding carboxylic acids is 2. The van der Waals surface area contributed by atoms with Crippen molar-refractivity contribution in [3.05, 3.63) is 59.7 Å². The lowest BCUT2D eigenvalue weighted by molar-refractivity contribution is -0.123. The van der Waals surface area contributed by atoms with Crippen molar-refractivity contribution in [2.75, 3.05) is 17.9 Å². The molecule has 7 nitrogen and oxygen atoms in total. The van der Waals surface area contributed by atoms with Gasteiger partial charge in [-0.25, -0.2) is 13.2 Å². The van der Waals surface area contributed by atoms with E-state index in [0.29, 0.717) is 0 Å². The molecule has 0 heterocycles. The molecule has 0 aliphatic rings. The van der Waals surface area contributed by atoms with Crippen molar-refractivity contribution in [3.8, 4) is 0 Å². The summed E-state index contributed by atoms with van der Waals surface area (Å²) >= 11 is 0. The number of nitrogens with one attached hydrogen (secondary N) is 2. The van der Waals surface area contributed by atoms with Gasteiger partial charge in [0.25, 0.3) is 15.9 Å². The van der Waals surface area contributed by atoms with Crippen LogP contribution >= 0.6 is 0 Å². The zero-order valence-electron chi connectivity index (χ0n) is 15.1. The minimum Gasteiger partial charge on any atom is -0.462 e. The van der Waals surface area contributed by atoms with Crippen LogP contribution in [0.15, 0.2) is 53.4 Å². The highest BCUT2D eigenvalue weighted by Gasteiger charge is 2.28. The van der Waals surface area contributed by atoms with Gasteiger partial charge in [-0.2, -0.15) is 13.2 Å². The summed E-state index contributed by atoms with van der Waals surface area (Å²) in [5, 5.41) is 1.67. The summed E-state index contributed by atoms with van der Waals surface area (Å²) in [5.41, 5.74) is -0.0489. The maximum atomic E-state index is 12.6. The van der Waals surface area contributed by atoms with Crippen LogP contribution in [0.5, 0.6) is 0 Å². The highest BCUT2D eigenvalue weighted by atomic mass is 32.2. The maximum Gasteiger partial charge on any atom is 0.405 e. The van der Waals surface area contributed by atoms with Crippen LogP contribution in [0.3, 0.4) is 0 Å². The highest BCUT2D eigenvalue weighted by Crippen LogP contribution is 2.19. The van der Waals surface area contributed by atoms with Gasteiger partial charge in [0.15, 0.2) is 0 Å². The first-order chi connectivity index (χ1) is 13.5. The molecule has 2 rings (SSSR count). The molecule has 2 N–H and O–H groups in total. The Morgan fingerprint density at radius 3 is 2.34 bits per heavy atom. The average molecular weight is 430 g/mol. The third-order valence-electron chi connectivity index (χ3n) is 3.48. The number of benzene rings is 2.